The minimum absolute atomic E-state index is 0.0879. The number of rotatable bonds is 11. The molecule has 50 heavy (non-hydrogen) atoms. The Labute approximate surface area is 286 Å². The topological polar surface area (TPSA) is 145 Å². The Hall–Kier alpha value is -5.02. The molecule has 11 nitrogen and oxygen atoms in total. The fourth-order valence-electron chi connectivity index (χ4n) is 7.14. The zero-order chi connectivity index (χ0) is 35.3. The normalized spacial score (nSPS) is 19.0. The van der Waals surface area contributed by atoms with Crippen LogP contribution in [0.5, 0.6) is 17.2 Å². The number of hydrogen-bond donors (Lipinski definition) is 3. The number of nitrogen functional groups attached to an aromatic ring is 1. The van der Waals surface area contributed by atoms with E-state index in [0.717, 1.165) is 11.8 Å². The number of ether oxygens (including phenoxy) is 2. The van der Waals surface area contributed by atoms with Crippen LogP contribution in [0.15, 0.2) is 66.9 Å². The number of alkyl halides is 2. The number of para-hydroxylation sites is 1. The molecule has 3 atom stereocenters. The van der Waals surface area contributed by atoms with Gasteiger partial charge in [0.25, 0.3) is 6.43 Å². The molecule has 0 amide bonds. The van der Waals surface area contributed by atoms with Crippen LogP contribution in [-0.4, -0.2) is 67.4 Å². The van der Waals surface area contributed by atoms with Crippen molar-refractivity contribution < 1.29 is 35.9 Å². The molecule has 2 aromatic heterocycles. The van der Waals surface area contributed by atoms with Crippen LogP contribution in [0.1, 0.15) is 34.5 Å². The lowest BCUT2D eigenvalue weighted by Gasteiger charge is -2.24. The molecule has 262 valence electrons. The van der Waals surface area contributed by atoms with Gasteiger partial charge in [-0.05, 0) is 85.7 Å². The average Bonchev–Trinajstić information content (AvgIpc) is 3.82. The molecule has 2 fully saturated rings. The van der Waals surface area contributed by atoms with Crippen molar-refractivity contribution in [3.8, 4) is 22.9 Å². The number of aromatic amines is 1. The van der Waals surface area contributed by atoms with Crippen LogP contribution >= 0.6 is 0 Å². The van der Waals surface area contributed by atoms with Gasteiger partial charge in [0, 0.05) is 30.0 Å². The summed E-state index contributed by atoms with van der Waals surface area (Å²) in [5.74, 6) is 0.429. The van der Waals surface area contributed by atoms with E-state index in [1.54, 1.807) is 48.5 Å². The average molecular weight is 709 g/mol. The molecule has 0 bridgehead atoms. The molecule has 0 radical (unpaired) electrons. The third kappa shape index (κ3) is 6.74. The fraction of sp³-hybridized carbons (Fsp3) is 0.314. The molecular weight excluding hydrogens is 673 g/mol. The summed E-state index contributed by atoms with van der Waals surface area (Å²) in [5, 5.41) is 4.96. The summed E-state index contributed by atoms with van der Waals surface area (Å²) in [6, 6.07) is 16.1. The Balaban J connectivity index is 1.13. The Bertz CT molecular complexity index is 2190. The van der Waals surface area contributed by atoms with E-state index >= 15 is 0 Å². The molecule has 0 spiro atoms. The number of benzene rings is 3. The molecule has 3 aromatic carbocycles. The van der Waals surface area contributed by atoms with E-state index in [2.05, 4.69) is 19.7 Å². The summed E-state index contributed by atoms with van der Waals surface area (Å²) in [5.41, 5.74) is 9.37. The van der Waals surface area contributed by atoms with Crippen molar-refractivity contribution in [1.29, 1.82) is 0 Å². The highest BCUT2D eigenvalue weighted by molar-refractivity contribution is 7.88. The number of sulfonamides is 1. The molecule has 3 heterocycles. The van der Waals surface area contributed by atoms with Gasteiger partial charge in [0.15, 0.2) is 11.6 Å². The van der Waals surface area contributed by atoms with Crippen molar-refractivity contribution in [3.63, 3.8) is 0 Å². The summed E-state index contributed by atoms with van der Waals surface area (Å²) in [4.78, 5) is 19.0. The highest BCUT2D eigenvalue weighted by Crippen LogP contribution is 2.44. The standard InChI is InChI=1S/C35H35F3N6O5S/c1-19-9-24(49-31-6-4-3-5-26(31)36)7-8-29(19)44-35(39)25(15-40-44)34(45)28-12-20-13-32(48-18-33(37)38)30(14-27(20)41-28)43-16-21-10-23(11-22(21)17-43)42-50(2,46)47/h3-9,12-15,21-23,33,41-42H,10-11,16-18,39H2,1-2H3/t21-,22?,23?/m0/s1. The van der Waals surface area contributed by atoms with Gasteiger partial charge in [0.1, 0.15) is 23.9 Å². The van der Waals surface area contributed by atoms with Crippen molar-refractivity contribution in [1.82, 2.24) is 19.5 Å². The van der Waals surface area contributed by atoms with Gasteiger partial charge in [-0.3, -0.25) is 4.79 Å². The van der Waals surface area contributed by atoms with Crippen molar-refractivity contribution in [3.05, 3.63) is 89.5 Å². The molecule has 15 heteroatoms. The number of aryl methyl sites for hydroxylation is 1. The highest BCUT2D eigenvalue weighted by Gasteiger charge is 2.42. The Morgan fingerprint density at radius 3 is 2.48 bits per heavy atom. The largest absolute Gasteiger partial charge is 0.485 e. The number of nitrogens with two attached hydrogens (primary N) is 1. The third-order valence-corrected chi connectivity index (χ3v) is 10.1. The number of carbonyl (C=O) groups is 1. The van der Waals surface area contributed by atoms with Gasteiger partial charge in [0.05, 0.1) is 35.1 Å². The van der Waals surface area contributed by atoms with Gasteiger partial charge in [0.2, 0.25) is 15.8 Å². The molecule has 1 aliphatic carbocycles. The number of H-pyrrole nitrogens is 1. The molecule has 2 aliphatic rings. The van der Waals surface area contributed by atoms with E-state index in [4.69, 9.17) is 15.2 Å². The highest BCUT2D eigenvalue weighted by atomic mass is 32.2. The second kappa shape index (κ2) is 13.0. The predicted molar refractivity (Wildman–Crippen MR) is 183 cm³/mol. The van der Waals surface area contributed by atoms with Gasteiger partial charge >= 0.3 is 0 Å². The van der Waals surface area contributed by atoms with E-state index in [-0.39, 0.29) is 46.5 Å². The molecule has 1 aliphatic heterocycles. The molecule has 7 rings (SSSR count). The fourth-order valence-corrected chi connectivity index (χ4v) is 7.93. The first-order valence-corrected chi connectivity index (χ1v) is 17.9. The summed E-state index contributed by atoms with van der Waals surface area (Å²) >= 11 is 0. The van der Waals surface area contributed by atoms with Crippen molar-refractivity contribution in [2.24, 2.45) is 11.8 Å². The smallest absolute Gasteiger partial charge is 0.272 e. The summed E-state index contributed by atoms with van der Waals surface area (Å²) < 4.78 is 79.4. The van der Waals surface area contributed by atoms with Crippen molar-refractivity contribution >= 4 is 38.2 Å². The second-order valence-electron chi connectivity index (χ2n) is 12.9. The van der Waals surface area contributed by atoms with Crippen LogP contribution in [0.4, 0.5) is 24.7 Å². The second-order valence-corrected chi connectivity index (χ2v) is 14.7. The molecule has 5 aromatic rings. The maximum atomic E-state index is 14.1. The summed E-state index contributed by atoms with van der Waals surface area (Å²) in [7, 11) is -3.32. The Morgan fingerprint density at radius 1 is 1.06 bits per heavy atom. The lowest BCUT2D eigenvalue weighted by Crippen LogP contribution is -2.34. The van der Waals surface area contributed by atoms with Gasteiger partial charge in [-0.1, -0.05) is 12.1 Å². The number of nitrogens with zero attached hydrogens (tertiary/aromatic N) is 3. The van der Waals surface area contributed by atoms with E-state index in [0.29, 0.717) is 54.0 Å². The van der Waals surface area contributed by atoms with Crippen LogP contribution in [0.25, 0.3) is 16.6 Å². The minimum Gasteiger partial charge on any atom is -0.485 e. The van der Waals surface area contributed by atoms with Gasteiger partial charge in [-0.2, -0.15) is 5.10 Å². The van der Waals surface area contributed by atoms with E-state index in [1.165, 1.54) is 23.0 Å². The number of ketones is 1. The zero-order valence-corrected chi connectivity index (χ0v) is 28.0. The van der Waals surface area contributed by atoms with E-state index < -0.39 is 34.7 Å². The van der Waals surface area contributed by atoms with Gasteiger partial charge in [-0.15, -0.1) is 0 Å². The zero-order valence-electron chi connectivity index (χ0n) is 27.2. The lowest BCUT2D eigenvalue weighted by atomic mass is 10.0. The maximum Gasteiger partial charge on any atom is 0.272 e. The number of fused-ring (bicyclic) bond motifs is 2. The number of carbonyl (C=O) groups excluding carboxylic acids is 1. The van der Waals surface area contributed by atoms with Crippen molar-refractivity contribution in [2.45, 2.75) is 32.2 Å². The molecular formula is C35H35F3N6O5S. The van der Waals surface area contributed by atoms with E-state index in [1.807, 2.05) is 6.92 Å². The number of aromatic nitrogens is 3. The number of halogens is 3. The number of nitrogens with one attached hydrogen (secondary N) is 2. The quantitative estimate of drug-likeness (QED) is 0.146. The molecule has 2 unspecified atom stereocenters. The molecule has 4 N–H and O–H groups in total. The van der Waals surface area contributed by atoms with Gasteiger partial charge in [-0.25, -0.2) is 31.0 Å². The SMILES string of the molecule is Cc1cc(Oc2ccccc2F)ccc1-n1ncc(C(=O)c2cc3cc(OCC(F)F)c(N4CC5CC(NS(C)(=O)=O)C[C@H]5C4)cc3[nH]2)c1N. The monoisotopic (exact) mass is 708 g/mol. The Morgan fingerprint density at radius 2 is 1.80 bits per heavy atom. The van der Waals surface area contributed by atoms with Crippen LogP contribution in [0.3, 0.4) is 0 Å². The third-order valence-electron chi connectivity index (χ3n) is 9.29. The summed E-state index contributed by atoms with van der Waals surface area (Å²) in [6.07, 6.45) is 1.22. The first-order valence-electron chi connectivity index (χ1n) is 16.0. The van der Waals surface area contributed by atoms with Gasteiger partial charge < -0.3 is 25.1 Å². The van der Waals surface area contributed by atoms with Crippen LogP contribution in [0, 0.1) is 24.6 Å². The number of hydrogen-bond acceptors (Lipinski definition) is 8. The Kier molecular flexibility index (Phi) is 8.72. The molecule has 1 saturated heterocycles. The number of anilines is 2. The maximum absolute atomic E-state index is 14.1. The van der Waals surface area contributed by atoms with Crippen LogP contribution < -0.4 is 24.8 Å². The van der Waals surface area contributed by atoms with Crippen LogP contribution in [0.2, 0.25) is 0 Å². The first-order chi connectivity index (χ1) is 23.8. The van der Waals surface area contributed by atoms with E-state index in [9.17, 15) is 26.4 Å². The predicted octanol–water partition coefficient (Wildman–Crippen LogP) is 5.81. The van der Waals surface area contributed by atoms with Crippen LogP contribution in [-0.2, 0) is 10.0 Å². The minimum atomic E-state index is -3.32. The molecule has 1 saturated carbocycles. The lowest BCUT2D eigenvalue weighted by molar-refractivity contribution is 0.0822. The summed E-state index contributed by atoms with van der Waals surface area (Å²) in [6.45, 7) is 2.25. The first kappa shape index (κ1) is 33.5. The van der Waals surface area contributed by atoms with Crippen molar-refractivity contribution in [2.75, 3.05) is 36.6 Å².